The zero-order valence-electron chi connectivity index (χ0n) is 39.6. The average molecular weight is 1160 g/mol. The fourth-order valence-electron chi connectivity index (χ4n) is 6.34. The first-order valence-electron chi connectivity index (χ1n) is 21.6. The monoisotopic (exact) mass is 1160 g/mol. The molecular weight excluding hydrogens is 1100 g/mol. The quantitative estimate of drug-likeness (QED) is 0.00550. The van der Waals surface area contributed by atoms with Gasteiger partial charge in [-0.1, -0.05) is 29.3 Å². The van der Waals surface area contributed by atoms with E-state index < -0.39 is 128 Å². The number of nitrogens with one attached hydrogen (secondary N) is 4. The summed E-state index contributed by atoms with van der Waals surface area (Å²) in [5, 5.41) is 122. The van der Waals surface area contributed by atoms with E-state index in [1.165, 1.54) is 37.2 Å². The van der Waals surface area contributed by atoms with Gasteiger partial charge in [-0.05, 0) is 35.4 Å². The fourth-order valence-corrected chi connectivity index (χ4v) is 8.42. The summed E-state index contributed by atoms with van der Waals surface area (Å²) in [5.41, 5.74) is -0.663. The SMILES string of the molecule is CN(CC(O)C(O)C(O)C(O)CO)c1nc(NCCSOOO)nc(Nc2ccc(C=Cc3ccc(Nc4nc(NCCS(=O)(=O)O)nc(N(C)CC(O)C(O)C(O)C(O)CO)n4)cc3S(=O)(=O)O)c(S(=O)(=O)O)c2)n1. The van der Waals surface area contributed by atoms with Crippen molar-refractivity contribution in [3.8, 4) is 0 Å². The number of benzene rings is 2. The van der Waals surface area contributed by atoms with Gasteiger partial charge in [0.15, 0.2) is 0 Å². The minimum atomic E-state index is -5.10. The first-order valence-corrected chi connectivity index (χ1v) is 27.0. The van der Waals surface area contributed by atoms with Crippen LogP contribution in [0.15, 0.2) is 46.2 Å². The lowest BCUT2D eigenvalue weighted by molar-refractivity contribution is -0.432. The maximum Gasteiger partial charge on any atom is 0.295 e. The fraction of sp³-hybridized carbons (Fsp3) is 0.474. The molecule has 76 heavy (non-hydrogen) atoms. The lowest BCUT2D eigenvalue weighted by Gasteiger charge is -2.28. The summed E-state index contributed by atoms with van der Waals surface area (Å²) in [6.45, 7) is -3.25. The number of likely N-dealkylation sites (N-methyl/N-ethyl adjacent to an activating group) is 2. The number of aliphatic hydroxyl groups excluding tert-OH is 10. The third-order valence-electron chi connectivity index (χ3n) is 10.2. The highest BCUT2D eigenvalue weighted by atomic mass is 32.2. The van der Waals surface area contributed by atoms with E-state index in [1.807, 2.05) is 0 Å². The number of hydrogen-bond donors (Lipinski definition) is 18. The third-order valence-corrected chi connectivity index (χ3v) is 13.3. The number of anilines is 8. The Kier molecular flexibility index (Phi) is 23.5. The van der Waals surface area contributed by atoms with Gasteiger partial charge in [-0.2, -0.15) is 55.2 Å². The summed E-state index contributed by atoms with van der Waals surface area (Å²) in [6, 6.07) is 6.74. The molecule has 0 aliphatic carbocycles. The summed E-state index contributed by atoms with van der Waals surface area (Å²) < 4.78 is 108. The Morgan fingerprint density at radius 3 is 1.33 bits per heavy atom. The van der Waals surface area contributed by atoms with Gasteiger partial charge in [-0.25, -0.2) is 5.26 Å². The highest BCUT2D eigenvalue weighted by molar-refractivity contribution is 7.94. The second-order valence-corrected chi connectivity index (χ2v) is 21.2. The molecule has 2 aromatic heterocycles. The molecule has 4 aromatic rings. The second kappa shape index (κ2) is 28.3. The summed E-state index contributed by atoms with van der Waals surface area (Å²) in [7, 11) is -12.0. The van der Waals surface area contributed by atoms with Crippen molar-refractivity contribution in [2.45, 2.75) is 58.6 Å². The van der Waals surface area contributed by atoms with E-state index in [4.69, 9.17) is 15.5 Å². The van der Waals surface area contributed by atoms with Crippen LogP contribution in [0, 0.1) is 0 Å². The molecule has 18 N–H and O–H groups in total. The van der Waals surface area contributed by atoms with Crippen molar-refractivity contribution in [3.63, 3.8) is 0 Å². The van der Waals surface area contributed by atoms with Gasteiger partial charge >= 0.3 is 0 Å². The first-order chi connectivity index (χ1) is 35.5. The molecule has 2 aromatic carbocycles. The van der Waals surface area contributed by atoms with Gasteiger partial charge in [0.05, 0.1) is 19.0 Å². The van der Waals surface area contributed by atoms with Gasteiger partial charge in [0, 0.05) is 69.4 Å². The Bertz CT molecular complexity index is 2920. The van der Waals surface area contributed by atoms with Crippen LogP contribution in [0.2, 0.25) is 0 Å². The standard InChI is InChI=1S/C38H56N12O22S4/c1-49(15-23(53)29(57)31(59)25(55)17-51)37-45-33(39-9-11-73-72-71-61)43-35(47-37)41-21-7-5-19(27(13-21)75(65,66)67)3-4-20-6-8-22(14-28(20)76(68,69)70)42-36-44-34(40-10-12-74(62,63)64)46-38(48-36)50(2)16-24(54)30(58)32(60)26(56)18-52/h3-8,13-14,23-26,29-32,51-61H,9-12,15-18H2,1-2H3,(H,62,63,64)(H,65,66,67)(H,68,69,70)(H2,39,41,43,45,47)(H2,40,42,44,46,48). The van der Waals surface area contributed by atoms with E-state index >= 15 is 0 Å². The molecule has 0 fully saturated rings. The van der Waals surface area contributed by atoms with Crippen molar-refractivity contribution < 1.29 is 105 Å². The number of hydrogen-bond acceptors (Lipinski definition) is 32. The normalized spacial score (nSPS) is 15.5. The predicted octanol–water partition coefficient (Wildman–Crippen LogP) is -4.27. The molecule has 0 saturated carbocycles. The lowest BCUT2D eigenvalue weighted by atomic mass is 10.0. The molecular formula is C38H56N12O22S4. The van der Waals surface area contributed by atoms with Crippen molar-refractivity contribution in [1.82, 2.24) is 29.9 Å². The molecule has 38 heteroatoms. The van der Waals surface area contributed by atoms with Gasteiger partial charge in [0.2, 0.25) is 35.7 Å². The van der Waals surface area contributed by atoms with E-state index in [-0.39, 0.29) is 70.5 Å². The van der Waals surface area contributed by atoms with E-state index in [0.29, 0.717) is 12.0 Å². The van der Waals surface area contributed by atoms with Crippen LogP contribution >= 0.6 is 12.0 Å². The van der Waals surface area contributed by atoms with Crippen molar-refractivity contribution in [3.05, 3.63) is 47.5 Å². The van der Waals surface area contributed by atoms with Gasteiger partial charge in [-0.15, -0.1) is 4.33 Å². The summed E-state index contributed by atoms with van der Waals surface area (Å²) >= 11 is 0.685. The van der Waals surface area contributed by atoms with Gasteiger partial charge < -0.3 is 82.1 Å². The van der Waals surface area contributed by atoms with E-state index in [1.54, 1.807) is 0 Å². The molecule has 0 aliphatic rings. The molecule has 4 rings (SSSR count). The topological polar surface area (TPSA) is 536 Å². The van der Waals surface area contributed by atoms with Gasteiger partial charge in [0.25, 0.3) is 30.4 Å². The van der Waals surface area contributed by atoms with E-state index in [0.717, 1.165) is 35.3 Å². The zero-order valence-corrected chi connectivity index (χ0v) is 42.9. The Morgan fingerprint density at radius 2 is 0.961 bits per heavy atom. The molecule has 34 nitrogen and oxygen atoms in total. The van der Waals surface area contributed by atoms with Crippen LogP contribution in [-0.4, -0.2) is 239 Å². The smallest absolute Gasteiger partial charge is 0.295 e. The molecule has 0 amide bonds. The van der Waals surface area contributed by atoms with Crippen LogP contribution in [0.4, 0.5) is 47.1 Å². The van der Waals surface area contributed by atoms with Crippen LogP contribution in [0.1, 0.15) is 11.1 Å². The van der Waals surface area contributed by atoms with Crippen LogP contribution < -0.4 is 31.1 Å². The highest BCUT2D eigenvalue weighted by Gasteiger charge is 2.33. The van der Waals surface area contributed by atoms with Crippen molar-refractivity contribution >= 4 is 102 Å². The zero-order chi connectivity index (χ0) is 56.7. The molecule has 8 unspecified atom stereocenters. The van der Waals surface area contributed by atoms with Crippen molar-refractivity contribution in [1.29, 1.82) is 0 Å². The highest BCUT2D eigenvalue weighted by Crippen LogP contribution is 2.29. The number of aromatic nitrogens is 6. The summed E-state index contributed by atoms with van der Waals surface area (Å²) in [5.74, 6) is -2.29. The van der Waals surface area contributed by atoms with Crippen LogP contribution in [0.3, 0.4) is 0 Å². The van der Waals surface area contributed by atoms with Gasteiger partial charge in [-0.3, -0.25) is 13.7 Å². The van der Waals surface area contributed by atoms with Crippen LogP contribution in [-0.2, 0) is 39.7 Å². The first kappa shape index (κ1) is 63.1. The Balaban J connectivity index is 1.67. The minimum Gasteiger partial charge on any atom is -0.394 e. The number of aliphatic hydroxyl groups is 10. The Morgan fingerprint density at radius 1 is 0.579 bits per heavy atom. The van der Waals surface area contributed by atoms with Crippen LogP contribution in [0.25, 0.3) is 12.2 Å². The van der Waals surface area contributed by atoms with E-state index in [9.17, 15) is 79.8 Å². The molecule has 424 valence electrons. The van der Waals surface area contributed by atoms with Gasteiger partial charge in [0.1, 0.15) is 58.6 Å². The average Bonchev–Trinajstić information content (AvgIpc) is 3.35. The molecule has 8 atom stereocenters. The van der Waals surface area contributed by atoms with Crippen LogP contribution in [0.5, 0.6) is 0 Å². The predicted molar refractivity (Wildman–Crippen MR) is 267 cm³/mol. The molecule has 2 heterocycles. The largest absolute Gasteiger partial charge is 0.394 e. The second-order valence-electron chi connectivity index (χ2n) is 16.1. The molecule has 0 bridgehead atoms. The molecule has 0 spiro atoms. The van der Waals surface area contributed by atoms with Crippen molar-refractivity contribution in [2.24, 2.45) is 0 Å². The molecule has 0 radical (unpaired) electrons. The minimum absolute atomic E-state index is 0.0693. The number of rotatable bonds is 32. The third kappa shape index (κ3) is 19.2. The van der Waals surface area contributed by atoms with Crippen molar-refractivity contribution in [2.75, 3.05) is 96.1 Å². The number of nitrogens with zero attached hydrogens (tertiary/aromatic N) is 8. The lowest BCUT2D eigenvalue weighted by Crippen LogP contribution is -2.49. The summed E-state index contributed by atoms with van der Waals surface area (Å²) in [4.78, 5) is 25.9. The maximum absolute atomic E-state index is 12.8. The Labute approximate surface area is 436 Å². The Hall–Kier alpha value is -5.44. The maximum atomic E-state index is 12.8. The molecule has 0 saturated heterocycles. The summed E-state index contributed by atoms with van der Waals surface area (Å²) in [6.07, 6.45) is -12.9. The van der Waals surface area contributed by atoms with E-state index in [2.05, 4.69) is 60.5 Å². The molecule has 0 aliphatic heterocycles.